The van der Waals surface area contributed by atoms with Gasteiger partial charge in [-0.1, -0.05) is 5.92 Å². The number of carbonyl (C=O) groups excluding carboxylic acids is 2. The summed E-state index contributed by atoms with van der Waals surface area (Å²) < 4.78 is 15.6. The van der Waals surface area contributed by atoms with E-state index in [0.29, 0.717) is 23.6 Å². The number of hydrogen-bond acceptors (Lipinski definition) is 5. The Morgan fingerprint density at radius 2 is 1.96 bits per heavy atom. The monoisotopic (exact) mass is 333 g/mol. The molecule has 0 spiro atoms. The van der Waals surface area contributed by atoms with Gasteiger partial charge in [0.05, 0.1) is 31.5 Å². The van der Waals surface area contributed by atoms with Crippen LogP contribution in [0.15, 0.2) is 18.2 Å². The van der Waals surface area contributed by atoms with Crippen LogP contribution in [0.25, 0.3) is 0 Å². The fraction of sp³-hybridized carbons (Fsp3) is 0.444. The Labute approximate surface area is 142 Å². The lowest BCUT2D eigenvalue weighted by Gasteiger charge is -2.27. The second kappa shape index (κ2) is 8.25. The molecule has 24 heavy (non-hydrogen) atoms. The van der Waals surface area contributed by atoms with Gasteiger partial charge in [-0.3, -0.25) is 4.90 Å². The van der Waals surface area contributed by atoms with Gasteiger partial charge in [0.2, 0.25) is 0 Å². The van der Waals surface area contributed by atoms with Crippen LogP contribution < -0.4 is 9.64 Å². The van der Waals surface area contributed by atoms with Gasteiger partial charge in [0.15, 0.2) is 0 Å². The Bertz CT molecular complexity index is 640. The minimum Gasteiger partial charge on any atom is -0.492 e. The fourth-order valence-electron chi connectivity index (χ4n) is 1.91. The third kappa shape index (κ3) is 5.20. The number of ether oxygens (including phenoxy) is 3. The summed E-state index contributed by atoms with van der Waals surface area (Å²) in [7, 11) is 1.29. The highest BCUT2D eigenvalue weighted by Gasteiger charge is 2.25. The molecule has 0 bridgehead atoms. The maximum absolute atomic E-state index is 12.4. The number of hydrogen-bond donors (Lipinski definition) is 0. The summed E-state index contributed by atoms with van der Waals surface area (Å²) in [6, 6.07) is 4.63. The molecule has 0 N–H and O–H groups in total. The smallest absolute Gasteiger partial charge is 0.415 e. The normalized spacial score (nSPS) is 10.5. The van der Waals surface area contributed by atoms with Gasteiger partial charge in [0.1, 0.15) is 11.4 Å². The van der Waals surface area contributed by atoms with Gasteiger partial charge in [-0.15, -0.1) is 6.42 Å². The first-order valence-electron chi connectivity index (χ1n) is 7.52. The van der Waals surface area contributed by atoms with Crippen molar-refractivity contribution in [2.75, 3.05) is 25.2 Å². The summed E-state index contributed by atoms with van der Waals surface area (Å²) in [6.07, 6.45) is 4.79. The molecular formula is C18H23NO5. The summed E-state index contributed by atoms with van der Waals surface area (Å²) in [4.78, 5) is 25.4. The van der Waals surface area contributed by atoms with Gasteiger partial charge in [-0.05, 0) is 45.9 Å². The van der Waals surface area contributed by atoms with Crippen LogP contribution in [0.3, 0.4) is 0 Å². The van der Waals surface area contributed by atoms with Crippen LogP contribution in [0.4, 0.5) is 10.5 Å². The molecule has 0 aliphatic heterocycles. The molecule has 6 nitrogen and oxygen atoms in total. The Morgan fingerprint density at radius 3 is 2.46 bits per heavy atom. The van der Waals surface area contributed by atoms with Crippen molar-refractivity contribution in [1.82, 2.24) is 0 Å². The summed E-state index contributed by atoms with van der Waals surface area (Å²) in [5.74, 6) is 2.28. The summed E-state index contributed by atoms with van der Waals surface area (Å²) >= 11 is 0. The fourth-order valence-corrected chi connectivity index (χ4v) is 1.91. The van der Waals surface area contributed by atoms with Gasteiger partial charge in [0.25, 0.3) is 0 Å². The molecule has 0 fully saturated rings. The zero-order valence-corrected chi connectivity index (χ0v) is 14.7. The molecule has 0 atom stereocenters. The van der Waals surface area contributed by atoms with Crippen LogP contribution in [0.5, 0.6) is 5.75 Å². The van der Waals surface area contributed by atoms with Crippen molar-refractivity contribution in [2.45, 2.75) is 33.3 Å². The third-order valence-electron chi connectivity index (χ3n) is 2.83. The maximum Gasteiger partial charge on any atom is 0.415 e. The maximum atomic E-state index is 12.4. The average molecular weight is 333 g/mol. The Balaban J connectivity index is 3.29. The zero-order valence-electron chi connectivity index (χ0n) is 14.7. The predicted molar refractivity (Wildman–Crippen MR) is 91.4 cm³/mol. The molecule has 0 heterocycles. The zero-order chi connectivity index (χ0) is 18.3. The minimum absolute atomic E-state index is 0.00651. The second-order valence-electron chi connectivity index (χ2n) is 5.88. The van der Waals surface area contributed by atoms with Crippen LogP contribution in [-0.4, -0.2) is 37.9 Å². The van der Waals surface area contributed by atoms with Gasteiger partial charge in [0, 0.05) is 0 Å². The molecule has 0 unspecified atom stereocenters. The number of nitrogens with zero attached hydrogens (tertiary/aromatic N) is 1. The van der Waals surface area contributed by atoms with Crippen LogP contribution in [0.2, 0.25) is 0 Å². The van der Waals surface area contributed by atoms with Crippen molar-refractivity contribution in [2.24, 2.45) is 0 Å². The SMILES string of the molecule is C#CCN(C(=O)OC(C)(C)C)c1ccc(C(=O)OC)cc1OCC. The van der Waals surface area contributed by atoms with Crippen molar-refractivity contribution in [1.29, 1.82) is 0 Å². The molecule has 1 aromatic rings. The number of carbonyl (C=O) groups is 2. The van der Waals surface area contributed by atoms with Crippen molar-refractivity contribution < 1.29 is 23.8 Å². The highest BCUT2D eigenvalue weighted by atomic mass is 16.6. The average Bonchev–Trinajstić information content (AvgIpc) is 2.50. The van der Waals surface area contributed by atoms with Crippen molar-refractivity contribution >= 4 is 17.7 Å². The second-order valence-corrected chi connectivity index (χ2v) is 5.88. The minimum atomic E-state index is -0.665. The number of anilines is 1. The molecule has 1 rings (SSSR count). The van der Waals surface area contributed by atoms with Gasteiger partial charge >= 0.3 is 12.1 Å². The number of rotatable bonds is 5. The first-order chi connectivity index (χ1) is 11.2. The van der Waals surface area contributed by atoms with E-state index in [-0.39, 0.29) is 6.54 Å². The van der Waals surface area contributed by atoms with Crippen LogP contribution in [-0.2, 0) is 9.47 Å². The van der Waals surface area contributed by atoms with Crippen molar-refractivity contribution in [3.63, 3.8) is 0 Å². The lowest BCUT2D eigenvalue weighted by Crippen LogP contribution is -2.37. The predicted octanol–water partition coefficient (Wildman–Crippen LogP) is 3.25. The number of methoxy groups -OCH3 is 1. The molecule has 0 saturated heterocycles. The number of terminal acetylenes is 1. The molecule has 6 heteroatoms. The third-order valence-corrected chi connectivity index (χ3v) is 2.83. The molecule has 0 aromatic heterocycles. The molecule has 1 aromatic carbocycles. The molecule has 0 radical (unpaired) electrons. The molecule has 130 valence electrons. The summed E-state index contributed by atoms with van der Waals surface area (Å²) in [5, 5.41) is 0. The van der Waals surface area contributed by atoms with Gasteiger partial charge in [-0.2, -0.15) is 0 Å². The molecule has 0 aliphatic carbocycles. The van der Waals surface area contributed by atoms with E-state index in [9.17, 15) is 9.59 Å². The summed E-state index contributed by atoms with van der Waals surface area (Å²) in [6.45, 7) is 7.46. The van der Waals surface area contributed by atoms with E-state index in [1.165, 1.54) is 24.1 Å². The van der Waals surface area contributed by atoms with E-state index < -0.39 is 17.7 Å². The largest absolute Gasteiger partial charge is 0.492 e. The van der Waals surface area contributed by atoms with Gasteiger partial charge < -0.3 is 14.2 Å². The molecule has 1 amide bonds. The van der Waals surface area contributed by atoms with E-state index in [2.05, 4.69) is 5.92 Å². The molecular weight excluding hydrogens is 310 g/mol. The molecule has 0 aliphatic rings. The first-order valence-corrected chi connectivity index (χ1v) is 7.52. The highest BCUT2D eigenvalue weighted by molar-refractivity contribution is 5.94. The topological polar surface area (TPSA) is 65.1 Å². The number of amides is 1. The van der Waals surface area contributed by atoms with Crippen LogP contribution in [0.1, 0.15) is 38.1 Å². The van der Waals surface area contributed by atoms with Crippen molar-refractivity contribution in [3.8, 4) is 18.1 Å². The standard InChI is InChI=1S/C18H23NO5/c1-7-11-19(17(21)24-18(3,4)5)14-10-9-13(16(20)22-6)12-15(14)23-8-2/h1,9-10,12H,8,11H2,2-6H3. The lowest BCUT2D eigenvalue weighted by molar-refractivity contribution is 0.0581. The van der Waals surface area contributed by atoms with Gasteiger partial charge in [-0.25, -0.2) is 9.59 Å². The Hall–Kier alpha value is -2.68. The van der Waals surface area contributed by atoms with Crippen molar-refractivity contribution in [3.05, 3.63) is 23.8 Å². The van der Waals surface area contributed by atoms with E-state index in [1.807, 2.05) is 0 Å². The van der Waals surface area contributed by atoms with E-state index >= 15 is 0 Å². The molecule has 0 saturated carbocycles. The quantitative estimate of drug-likeness (QED) is 0.611. The van der Waals surface area contributed by atoms with Crippen LogP contribution in [0, 0.1) is 12.3 Å². The van der Waals surface area contributed by atoms with E-state index in [1.54, 1.807) is 33.8 Å². The Kier molecular flexibility index (Phi) is 6.66. The first kappa shape index (κ1) is 19.4. The highest BCUT2D eigenvalue weighted by Crippen LogP contribution is 2.31. The Morgan fingerprint density at radius 1 is 1.29 bits per heavy atom. The lowest BCUT2D eigenvalue weighted by atomic mass is 10.1. The van der Waals surface area contributed by atoms with E-state index in [0.717, 1.165) is 0 Å². The number of esters is 1. The number of benzene rings is 1. The van der Waals surface area contributed by atoms with E-state index in [4.69, 9.17) is 20.6 Å². The van der Waals surface area contributed by atoms with Crippen LogP contribution >= 0.6 is 0 Å². The summed E-state index contributed by atoms with van der Waals surface area (Å²) in [5.41, 5.74) is 0.0769.